The van der Waals surface area contributed by atoms with E-state index >= 15 is 0 Å². The summed E-state index contributed by atoms with van der Waals surface area (Å²) in [7, 11) is 0. The maximum absolute atomic E-state index is 13.5. The molecule has 154 valence electrons. The number of fused-ring (bicyclic) bond motifs is 3. The van der Waals surface area contributed by atoms with E-state index in [2.05, 4.69) is 18.7 Å². The molecule has 2 saturated heterocycles. The van der Waals surface area contributed by atoms with Crippen molar-refractivity contribution in [3.8, 4) is 5.75 Å². The molecule has 1 aromatic rings. The molecule has 0 aliphatic carbocycles. The molecule has 4 rings (SSSR count). The second-order valence-corrected chi connectivity index (χ2v) is 9.07. The summed E-state index contributed by atoms with van der Waals surface area (Å²) in [4.78, 5) is 17.0. The topological polar surface area (TPSA) is 32.8 Å². The van der Waals surface area contributed by atoms with Crippen molar-refractivity contribution in [1.82, 2.24) is 4.90 Å². The molecule has 0 spiro atoms. The largest absolute Gasteiger partial charge is 0.481 e. The Balaban J connectivity index is 1.38. The van der Waals surface area contributed by atoms with Crippen LogP contribution in [0.4, 0.5) is 10.1 Å². The molecule has 0 N–H and O–H groups in total. The molecule has 0 aromatic heterocycles. The van der Waals surface area contributed by atoms with Gasteiger partial charge in [0.1, 0.15) is 11.6 Å². The Morgan fingerprint density at radius 3 is 2.68 bits per heavy atom. The van der Waals surface area contributed by atoms with E-state index in [9.17, 15) is 9.18 Å². The molecular weight excluding hydrogens is 355 g/mol. The Morgan fingerprint density at radius 1 is 1.21 bits per heavy atom. The molecule has 1 amide bonds. The van der Waals surface area contributed by atoms with Crippen molar-refractivity contribution in [2.75, 3.05) is 24.6 Å². The molecular formula is C23H33FN2O2. The number of piperidine rings is 1. The second kappa shape index (κ2) is 8.40. The van der Waals surface area contributed by atoms with E-state index < -0.39 is 0 Å². The molecule has 3 aliphatic rings. The van der Waals surface area contributed by atoms with Gasteiger partial charge in [0.2, 0.25) is 0 Å². The van der Waals surface area contributed by atoms with E-state index in [4.69, 9.17) is 4.74 Å². The number of unbranched alkanes of at least 4 members (excludes halogenated alkanes) is 1. The van der Waals surface area contributed by atoms with Gasteiger partial charge in [-0.1, -0.05) is 33.1 Å². The predicted molar refractivity (Wildman–Crippen MR) is 109 cm³/mol. The van der Waals surface area contributed by atoms with Crippen LogP contribution in [0.15, 0.2) is 18.2 Å². The number of amides is 1. The quantitative estimate of drug-likeness (QED) is 0.683. The Hall–Kier alpha value is -1.62. The Bertz CT molecular complexity index is 696. The van der Waals surface area contributed by atoms with Gasteiger partial charge < -0.3 is 9.64 Å². The van der Waals surface area contributed by atoms with Crippen molar-refractivity contribution < 1.29 is 13.9 Å². The third kappa shape index (κ3) is 4.05. The first-order valence-corrected chi connectivity index (χ1v) is 11.0. The Kier molecular flexibility index (Phi) is 5.91. The highest BCUT2D eigenvalue weighted by Gasteiger charge is 2.41. The average Bonchev–Trinajstić information content (AvgIpc) is 2.90. The van der Waals surface area contributed by atoms with Crippen molar-refractivity contribution in [2.24, 2.45) is 11.8 Å². The molecule has 0 saturated carbocycles. The first kappa shape index (κ1) is 19.7. The summed E-state index contributed by atoms with van der Waals surface area (Å²) in [5.41, 5.74) is 0.700. The molecule has 3 aliphatic heterocycles. The van der Waals surface area contributed by atoms with Crippen molar-refractivity contribution >= 4 is 11.6 Å². The summed E-state index contributed by atoms with van der Waals surface area (Å²) in [5.74, 6) is 1.39. The SMILES string of the molecule is CCCCC1CC2CCC(C1)N2CC(C)CN1C(=O)COc2cc(F)ccc21. The number of ether oxygens (including phenoxy) is 1. The molecule has 2 bridgehead atoms. The van der Waals surface area contributed by atoms with Crippen molar-refractivity contribution in [1.29, 1.82) is 0 Å². The van der Waals surface area contributed by atoms with Gasteiger partial charge in [-0.2, -0.15) is 0 Å². The summed E-state index contributed by atoms with van der Waals surface area (Å²) in [6.07, 6.45) is 9.41. The summed E-state index contributed by atoms with van der Waals surface area (Å²) >= 11 is 0. The minimum absolute atomic E-state index is 0.00273. The lowest BCUT2D eigenvalue weighted by Crippen LogP contribution is -2.48. The third-order valence-corrected chi connectivity index (χ3v) is 6.83. The molecule has 3 heterocycles. The second-order valence-electron chi connectivity index (χ2n) is 9.07. The van der Waals surface area contributed by atoms with Gasteiger partial charge in [-0.25, -0.2) is 4.39 Å². The number of carbonyl (C=O) groups is 1. The summed E-state index contributed by atoms with van der Waals surface area (Å²) < 4.78 is 18.9. The van der Waals surface area contributed by atoms with Crippen LogP contribution in [0.1, 0.15) is 58.8 Å². The van der Waals surface area contributed by atoms with Crippen LogP contribution >= 0.6 is 0 Å². The minimum atomic E-state index is -0.330. The molecule has 3 atom stereocenters. The van der Waals surface area contributed by atoms with Crippen molar-refractivity contribution in [3.63, 3.8) is 0 Å². The van der Waals surface area contributed by atoms with Gasteiger partial charge in [0.25, 0.3) is 5.91 Å². The van der Waals surface area contributed by atoms with Gasteiger partial charge >= 0.3 is 0 Å². The number of halogens is 1. The molecule has 1 aromatic carbocycles. The lowest BCUT2D eigenvalue weighted by Gasteiger charge is -2.41. The highest BCUT2D eigenvalue weighted by atomic mass is 19.1. The maximum Gasteiger partial charge on any atom is 0.265 e. The maximum atomic E-state index is 13.5. The van der Waals surface area contributed by atoms with Gasteiger partial charge in [0, 0.05) is 31.2 Å². The van der Waals surface area contributed by atoms with Gasteiger partial charge in [0.15, 0.2) is 6.61 Å². The van der Waals surface area contributed by atoms with E-state index in [0.29, 0.717) is 23.9 Å². The zero-order valence-corrected chi connectivity index (χ0v) is 17.2. The van der Waals surface area contributed by atoms with Crippen LogP contribution in [0, 0.1) is 17.7 Å². The summed E-state index contributed by atoms with van der Waals surface area (Å²) in [6.45, 7) is 6.21. The smallest absolute Gasteiger partial charge is 0.265 e. The lowest BCUT2D eigenvalue weighted by molar-refractivity contribution is -0.121. The van der Waals surface area contributed by atoms with Crippen molar-refractivity contribution in [3.05, 3.63) is 24.0 Å². The lowest BCUT2D eigenvalue weighted by atomic mass is 9.86. The van der Waals surface area contributed by atoms with Gasteiger partial charge in [-0.15, -0.1) is 0 Å². The predicted octanol–water partition coefficient (Wildman–Crippen LogP) is 4.62. The van der Waals surface area contributed by atoms with Crippen LogP contribution in [-0.4, -0.2) is 42.6 Å². The molecule has 0 radical (unpaired) electrons. The van der Waals surface area contributed by atoms with Crippen LogP contribution in [0.5, 0.6) is 5.75 Å². The van der Waals surface area contributed by atoms with Crippen LogP contribution in [0.2, 0.25) is 0 Å². The van der Waals surface area contributed by atoms with Gasteiger partial charge in [-0.05, 0) is 49.7 Å². The highest BCUT2D eigenvalue weighted by Crippen LogP contribution is 2.41. The Morgan fingerprint density at radius 2 is 1.96 bits per heavy atom. The van der Waals surface area contributed by atoms with E-state index in [1.54, 1.807) is 11.0 Å². The van der Waals surface area contributed by atoms with Crippen molar-refractivity contribution in [2.45, 2.75) is 70.9 Å². The highest BCUT2D eigenvalue weighted by molar-refractivity contribution is 5.97. The third-order valence-electron chi connectivity index (χ3n) is 6.83. The van der Waals surface area contributed by atoms with E-state index in [1.165, 1.54) is 57.1 Å². The van der Waals surface area contributed by atoms with Crippen LogP contribution in [-0.2, 0) is 4.79 Å². The summed E-state index contributed by atoms with van der Waals surface area (Å²) in [6, 6.07) is 5.90. The normalized spacial score (nSPS) is 28.2. The molecule has 28 heavy (non-hydrogen) atoms. The number of benzene rings is 1. The number of hydrogen-bond acceptors (Lipinski definition) is 3. The number of hydrogen-bond donors (Lipinski definition) is 0. The fraction of sp³-hybridized carbons (Fsp3) is 0.696. The molecule has 4 nitrogen and oxygen atoms in total. The monoisotopic (exact) mass is 388 g/mol. The number of anilines is 1. The average molecular weight is 389 g/mol. The van der Waals surface area contributed by atoms with E-state index in [0.717, 1.165) is 24.5 Å². The van der Waals surface area contributed by atoms with Crippen LogP contribution in [0.3, 0.4) is 0 Å². The zero-order chi connectivity index (χ0) is 19.7. The van der Waals surface area contributed by atoms with Gasteiger partial charge in [0.05, 0.1) is 5.69 Å². The molecule has 5 heteroatoms. The molecule has 2 fully saturated rings. The first-order chi connectivity index (χ1) is 13.5. The minimum Gasteiger partial charge on any atom is -0.481 e. The van der Waals surface area contributed by atoms with Crippen LogP contribution < -0.4 is 9.64 Å². The number of carbonyl (C=O) groups excluding carboxylic acids is 1. The fourth-order valence-corrected chi connectivity index (χ4v) is 5.52. The summed E-state index contributed by atoms with van der Waals surface area (Å²) in [5, 5.41) is 0. The van der Waals surface area contributed by atoms with E-state index in [1.807, 2.05) is 0 Å². The fourth-order valence-electron chi connectivity index (χ4n) is 5.52. The first-order valence-electron chi connectivity index (χ1n) is 11.0. The number of nitrogens with zero attached hydrogens (tertiary/aromatic N) is 2. The number of rotatable bonds is 7. The standard InChI is InChI=1S/C23H33FN2O2/c1-3-4-5-17-10-19-7-8-20(11-17)25(19)13-16(2)14-26-21-9-6-18(24)12-22(21)28-15-23(26)27/h6,9,12,16-17,19-20H,3-5,7-8,10-11,13-15H2,1-2H3. The molecule has 3 unspecified atom stereocenters. The van der Waals surface area contributed by atoms with E-state index in [-0.39, 0.29) is 18.3 Å². The van der Waals surface area contributed by atoms with Gasteiger partial charge in [-0.3, -0.25) is 9.69 Å². The Labute approximate surface area is 168 Å². The van der Waals surface area contributed by atoms with Crippen LogP contribution in [0.25, 0.3) is 0 Å². The zero-order valence-electron chi connectivity index (χ0n) is 17.2.